The zero-order chi connectivity index (χ0) is 12.3. The number of hydrogen-bond acceptors (Lipinski definition) is 2. The maximum absolute atomic E-state index is 5.77. The fourth-order valence-electron chi connectivity index (χ4n) is 2.78. The minimum absolute atomic E-state index is 0.537. The summed E-state index contributed by atoms with van der Waals surface area (Å²) in [6, 6.07) is 8.91. The van der Waals surface area contributed by atoms with Gasteiger partial charge < -0.3 is 11.1 Å². The molecule has 1 saturated carbocycles. The first-order valence-corrected chi connectivity index (χ1v) is 6.63. The van der Waals surface area contributed by atoms with Crippen molar-refractivity contribution in [2.24, 2.45) is 5.41 Å². The van der Waals surface area contributed by atoms with E-state index in [1.807, 2.05) is 12.1 Å². The van der Waals surface area contributed by atoms with E-state index < -0.39 is 0 Å². The lowest BCUT2D eigenvalue weighted by molar-refractivity contribution is 0.365. The summed E-state index contributed by atoms with van der Waals surface area (Å²) in [5.41, 5.74) is 8.50. The predicted octanol–water partition coefficient (Wildman–Crippen LogP) is 2.98. The number of rotatable bonds is 4. The lowest BCUT2D eigenvalue weighted by atomic mass is 9.92. The SMILES string of the molecule is CC1(C)CCC(NCCc2cccc(N)c2)C1. The van der Waals surface area contributed by atoms with Crippen molar-refractivity contribution < 1.29 is 0 Å². The van der Waals surface area contributed by atoms with Crippen LogP contribution in [-0.2, 0) is 6.42 Å². The van der Waals surface area contributed by atoms with Gasteiger partial charge in [-0.3, -0.25) is 0 Å². The molecule has 2 heteroatoms. The van der Waals surface area contributed by atoms with Crippen LogP contribution in [0.4, 0.5) is 5.69 Å². The highest BCUT2D eigenvalue weighted by Gasteiger charge is 2.30. The monoisotopic (exact) mass is 232 g/mol. The molecule has 0 saturated heterocycles. The molecule has 1 unspecified atom stereocenters. The molecule has 0 amide bonds. The highest BCUT2D eigenvalue weighted by Crippen LogP contribution is 2.36. The molecular weight excluding hydrogens is 208 g/mol. The van der Waals surface area contributed by atoms with Gasteiger partial charge in [0.2, 0.25) is 0 Å². The summed E-state index contributed by atoms with van der Waals surface area (Å²) in [6.07, 6.45) is 5.05. The van der Waals surface area contributed by atoms with Crippen molar-refractivity contribution in [1.82, 2.24) is 5.32 Å². The molecule has 1 fully saturated rings. The van der Waals surface area contributed by atoms with Crippen molar-refractivity contribution in [3.05, 3.63) is 29.8 Å². The van der Waals surface area contributed by atoms with E-state index in [-0.39, 0.29) is 0 Å². The van der Waals surface area contributed by atoms with E-state index in [0.717, 1.165) is 18.7 Å². The molecule has 2 nitrogen and oxygen atoms in total. The molecule has 17 heavy (non-hydrogen) atoms. The average molecular weight is 232 g/mol. The average Bonchev–Trinajstić information content (AvgIpc) is 2.58. The molecule has 1 aromatic carbocycles. The number of benzene rings is 1. The Balaban J connectivity index is 1.73. The molecule has 0 aromatic heterocycles. The van der Waals surface area contributed by atoms with Gasteiger partial charge in [-0.2, -0.15) is 0 Å². The van der Waals surface area contributed by atoms with Gasteiger partial charge in [-0.25, -0.2) is 0 Å². The van der Waals surface area contributed by atoms with Gasteiger partial charge >= 0.3 is 0 Å². The lowest BCUT2D eigenvalue weighted by Gasteiger charge is -2.17. The van der Waals surface area contributed by atoms with Gasteiger partial charge in [-0.1, -0.05) is 26.0 Å². The predicted molar refractivity (Wildman–Crippen MR) is 74.0 cm³/mol. The van der Waals surface area contributed by atoms with Crippen molar-refractivity contribution >= 4 is 5.69 Å². The quantitative estimate of drug-likeness (QED) is 0.783. The molecule has 0 aliphatic heterocycles. The lowest BCUT2D eigenvalue weighted by Crippen LogP contribution is -2.29. The van der Waals surface area contributed by atoms with E-state index in [9.17, 15) is 0 Å². The minimum atomic E-state index is 0.537. The van der Waals surface area contributed by atoms with Crippen molar-refractivity contribution in [1.29, 1.82) is 0 Å². The van der Waals surface area contributed by atoms with Crippen LogP contribution in [0.5, 0.6) is 0 Å². The van der Waals surface area contributed by atoms with Crippen LogP contribution < -0.4 is 11.1 Å². The van der Waals surface area contributed by atoms with Gasteiger partial charge in [0.15, 0.2) is 0 Å². The van der Waals surface area contributed by atoms with Crippen LogP contribution in [0.1, 0.15) is 38.7 Å². The molecule has 0 spiro atoms. The van der Waals surface area contributed by atoms with E-state index in [2.05, 4.69) is 31.3 Å². The first kappa shape index (κ1) is 12.4. The fraction of sp³-hybridized carbons (Fsp3) is 0.600. The zero-order valence-electron chi connectivity index (χ0n) is 11.0. The van der Waals surface area contributed by atoms with Gasteiger partial charge in [0, 0.05) is 11.7 Å². The van der Waals surface area contributed by atoms with Crippen molar-refractivity contribution in [2.75, 3.05) is 12.3 Å². The Kier molecular flexibility index (Phi) is 3.72. The van der Waals surface area contributed by atoms with Crippen molar-refractivity contribution in [2.45, 2.75) is 45.6 Å². The Morgan fingerprint density at radius 3 is 2.88 bits per heavy atom. The number of nitrogens with one attached hydrogen (secondary N) is 1. The van der Waals surface area contributed by atoms with E-state index in [1.165, 1.54) is 24.8 Å². The molecule has 1 atom stereocenters. The van der Waals surface area contributed by atoms with Crippen LogP contribution in [0.2, 0.25) is 0 Å². The molecule has 1 aliphatic carbocycles. The molecule has 94 valence electrons. The second kappa shape index (κ2) is 5.09. The van der Waals surface area contributed by atoms with Crippen LogP contribution >= 0.6 is 0 Å². The molecule has 0 heterocycles. The summed E-state index contributed by atoms with van der Waals surface area (Å²) in [7, 11) is 0. The Morgan fingerprint density at radius 1 is 1.41 bits per heavy atom. The summed E-state index contributed by atoms with van der Waals surface area (Å²) in [4.78, 5) is 0. The standard InChI is InChI=1S/C15H24N2/c1-15(2)8-6-14(11-15)17-9-7-12-4-3-5-13(16)10-12/h3-5,10,14,17H,6-9,11,16H2,1-2H3. The van der Waals surface area contributed by atoms with E-state index in [4.69, 9.17) is 5.73 Å². The Morgan fingerprint density at radius 2 is 2.24 bits per heavy atom. The Labute approximate surface area is 105 Å². The summed E-state index contributed by atoms with van der Waals surface area (Å²) in [5, 5.41) is 3.66. The van der Waals surface area contributed by atoms with Gasteiger partial charge in [0.1, 0.15) is 0 Å². The largest absolute Gasteiger partial charge is 0.399 e. The van der Waals surface area contributed by atoms with Crippen molar-refractivity contribution in [3.63, 3.8) is 0 Å². The van der Waals surface area contributed by atoms with Gasteiger partial charge in [0.25, 0.3) is 0 Å². The number of hydrogen-bond donors (Lipinski definition) is 2. The number of nitrogens with two attached hydrogens (primary N) is 1. The molecular formula is C15H24N2. The maximum Gasteiger partial charge on any atom is 0.0316 e. The second-order valence-corrected chi connectivity index (χ2v) is 6.05. The molecule has 0 bridgehead atoms. The molecule has 3 N–H and O–H groups in total. The van der Waals surface area contributed by atoms with E-state index in [1.54, 1.807) is 0 Å². The first-order valence-electron chi connectivity index (χ1n) is 6.63. The minimum Gasteiger partial charge on any atom is -0.399 e. The van der Waals surface area contributed by atoms with Crippen LogP contribution in [0.3, 0.4) is 0 Å². The van der Waals surface area contributed by atoms with Crippen LogP contribution in [0, 0.1) is 5.41 Å². The third kappa shape index (κ3) is 3.74. The van der Waals surface area contributed by atoms with Gasteiger partial charge in [-0.05, 0) is 55.3 Å². The van der Waals surface area contributed by atoms with Crippen LogP contribution in [0.25, 0.3) is 0 Å². The smallest absolute Gasteiger partial charge is 0.0316 e. The maximum atomic E-state index is 5.77. The topological polar surface area (TPSA) is 38.0 Å². The van der Waals surface area contributed by atoms with Gasteiger partial charge in [0.05, 0.1) is 0 Å². The molecule has 1 aliphatic rings. The fourth-order valence-corrected chi connectivity index (χ4v) is 2.78. The molecule has 1 aromatic rings. The summed E-state index contributed by atoms with van der Waals surface area (Å²) >= 11 is 0. The highest BCUT2D eigenvalue weighted by molar-refractivity contribution is 5.40. The third-order valence-electron chi connectivity index (χ3n) is 3.77. The summed E-state index contributed by atoms with van der Waals surface area (Å²) in [6.45, 7) is 5.79. The number of nitrogen functional groups attached to an aromatic ring is 1. The Hall–Kier alpha value is -1.02. The molecule has 2 rings (SSSR count). The third-order valence-corrected chi connectivity index (χ3v) is 3.77. The summed E-state index contributed by atoms with van der Waals surface area (Å²) < 4.78 is 0. The van der Waals surface area contributed by atoms with Crippen molar-refractivity contribution in [3.8, 4) is 0 Å². The first-order chi connectivity index (χ1) is 8.05. The van der Waals surface area contributed by atoms with Crippen LogP contribution in [-0.4, -0.2) is 12.6 Å². The highest BCUT2D eigenvalue weighted by atomic mass is 14.9. The second-order valence-electron chi connectivity index (χ2n) is 6.05. The molecule has 0 radical (unpaired) electrons. The zero-order valence-corrected chi connectivity index (χ0v) is 11.0. The van der Waals surface area contributed by atoms with Gasteiger partial charge in [-0.15, -0.1) is 0 Å². The van der Waals surface area contributed by atoms with E-state index >= 15 is 0 Å². The Bertz CT molecular complexity index is 371. The number of anilines is 1. The normalized spacial score (nSPS) is 22.8. The summed E-state index contributed by atoms with van der Waals surface area (Å²) in [5.74, 6) is 0. The van der Waals surface area contributed by atoms with Crippen LogP contribution in [0.15, 0.2) is 24.3 Å². The van der Waals surface area contributed by atoms with E-state index in [0.29, 0.717) is 11.5 Å².